The lowest BCUT2D eigenvalue weighted by molar-refractivity contribution is 0.142. The Hall–Kier alpha value is -2.11. The highest BCUT2D eigenvalue weighted by atomic mass is 35.5. The van der Waals surface area contributed by atoms with E-state index in [9.17, 15) is 5.11 Å². The first-order chi connectivity index (χ1) is 17.7. The van der Waals surface area contributed by atoms with Gasteiger partial charge in [-0.2, -0.15) is 0 Å². The first-order valence-corrected chi connectivity index (χ1v) is 14.6. The van der Waals surface area contributed by atoms with Crippen LogP contribution in [0.4, 0.5) is 0 Å². The second-order valence-corrected chi connectivity index (χ2v) is 12.7. The SMILES string of the molecule is C=C(NC1CCN(C(=C)CCc2cc(O)cc(Cl)c2)CC1)C1CC2CN(CC(=C)N3CC(C)C3)CC2C1. The van der Waals surface area contributed by atoms with Crippen LogP contribution in [0.25, 0.3) is 0 Å². The van der Waals surface area contributed by atoms with Crippen molar-refractivity contribution in [2.75, 3.05) is 45.8 Å². The molecule has 2 N–H and O–H groups in total. The molecule has 0 bridgehead atoms. The number of aryl methyl sites for hydroxylation is 1. The minimum atomic E-state index is 0.228. The van der Waals surface area contributed by atoms with E-state index in [0.29, 0.717) is 17.0 Å². The van der Waals surface area contributed by atoms with Crippen LogP contribution in [-0.4, -0.2) is 71.7 Å². The van der Waals surface area contributed by atoms with Crippen molar-refractivity contribution < 1.29 is 5.11 Å². The number of fused-ring (bicyclic) bond motifs is 1. The number of aromatic hydroxyl groups is 1. The molecule has 1 aromatic carbocycles. The van der Waals surface area contributed by atoms with Crippen LogP contribution in [0.3, 0.4) is 0 Å². The second kappa shape index (κ2) is 11.3. The molecule has 2 unspecified atom stereocenters. The van der Waals surface area contributed by atoms with Crippen LogP contribution in [0, 0.1) is 23.7 Å². The van der Waals surface area contributed by atoms with Gasteiger partial charge in [0.15, 0.2) is 0 Å². The van der Waals surface area contributed by atoms with E-state index in [1.54, 1.807) is 12.1 Å². The topological polar surface area (TPSA) is 42.0 Å². The van der Waals surface area contributed by atoms with Gasteiger partial charge in [0.05, 0.1) is 0 Å². The normalized spacial score (nSPS) is 26.7. The summed E-state index contributed by atoms with van der Waals surface area (Å²) in [5, 5.41) is 14.2. The van der Waals surface area contributed by atoms with Crippen molar-refractivity contribution in [1.29, 1.82) is 0 Å². The van der Waals surface area contributed by atoms with Crippen LogP contribution >= 0.6 is 11.6 Å². The van der Waals surface area contributed by atoms with Crippen LogP contribution in [0.2, 0.25) is 5.02 Å². The smallest absolute Gasteiger partial charge is 0.117 e. The monoisotopic (exact) mass is 524 g/mol. The molecule has 3 heterocycles. The molecule has 2 atom stereocenters. The summed E-state index contributed by atoms with van der Waals surface area (Å²) < 4.78 is 0. The number of allylic oxidation sites excluding steroid dienone is 2. The van der Waals surface area contributed by atoms with E-state index in [-0.39, 0.29) is 5.75 Å². The number of benzene rings is 1. The van der Waals surface area contributed by atoms with Gasteiger partial charge >= 0.3 is 0 Å². The van der Waals surface area contributed by atoms with Gasteiger partial charge in [0.1, 0.15) is 5.75 Å². The van der Waals surface area contributed by atoms with Crippen LogP contribution in [-0.2, 0) is 6.42 Å². The summed E-state index contributed by atoms with van der Waals surface area (Å²) in [5.41, 5.74) is 4.83. The predicted molar refractivity (Wildman–Crippen MR) is 153 cm³/mol. The molecular weight excluding hydrogens is 480 g/mol. The van der Waals surface area contributed by atoms with E-state index in [1.807, 2.05) is 6.07 Å². The molecule has 1 aliphatic carbocycles. The predicted octanol–water partition coefficient (Wildman–Crippen LogP) is 5.48. The number of nitrogens with one attached hydrogen (secondary N) is 1. The maximum Gasteiger partial charge on any atom is 0.117 e. The van der Waals surface area contributed by atoms with Crippen molar-refractivity contribution in [3.8, 4) is 5.75 Å². The fraction of sp³-hybridized carbons (Fsp3) is 0.613. The summed E-state index contributed by atoms with van der Waals surface area (Å²) in [5.74, 6) is 3.32. The van der Waals surface area contributed by atoms with Crippen molar-refractivity contribution in [2.24, 2.45) is 23.7 Å². The minimum Gasteiger partial charge on any atom is -0.508 e. The number of hydrogen-bond acceptors (Lipinski definition) is 5. The van der Waals surface area contributed by atoms with Gasteiger partial charge in [0.2, 0.25) is 0 Å². The maximum absolute atomic E-state index is 9.77. The van der Waals surface area contributed by atoms with E-state index in [2.05, 4.69) is 46.7 Å². The Labute approximate surface area is 228 Å². The Kier molecular flexibility index (Phi) is 8.11. The van der Waals surface area contributed by atoms with Gasteiger partial charge in [-0.05, 0) is 86.0 Å². The molecule has 3 aliphatic heterocycles. The first kappa shape index (κ1) is 26.5. The standard InChI is InChI=1S/C31H45ClN4O/c1-21-16-36(17-21)23(3)18-34-19-27-13-26(14-28(27)20-34)24(4)33-30-7-9-35(10-8-30)22(2)5-6-25-11-29(32)15-31(37)12-25/h11-12,15,21,26-28,30,33,37H,2-10,13-14,16-20H2,1H3. The maximum atomic E-state index is 9.77. The number of phenols is 1. The average molecular weight is 525 g/mol. The molecule has 0 spiro atoms. The van der Waals surface area contributed by atoms with Crippen molar-refractivity contribution in [2.45, 2.75) is 51.5 Å². The lowest BCUT2D eigenvalue weighted by Gasteiger charge is -2.41. The zero-order chi connectivity index (χ0) is 26.1. The fourth-order valence-electron chi connectivity index (χ4n) is 7.07. The Bertz CT molecular complexity index is 976. The molecule has 1 saturated carbocycles. The number of halogens is 1. The first-order valence-electron chi connectivity index (χ1n) is 14.2. The molecular formula is C31H45ClN4O. The largest absolute Gasteiger partial charge is 0.508 e. The summed E-state index contributed by atoms with van der Waals surface area (Å²) in [7, 11) is 0. The molecule has 202 valence electrons. The van der Waals surface area contributed by atoms with Gasteiger partial charge in [-0.1, -0.05) is 38.3 Å². The van der Waals surface area contributed by atoms with E-state index in [4.69, 9.17) is 11.6 Å². The second-order valence-electron chi connectivity index (χ2n) is 12.3. The van der Waals surface area contributed by atoms with Gasteiger partial charge in [-0.25, -0.2) is 0 Å². The van der Waals surface area contributed by atoms with E-state index in [1.165, 1.54) is 56.1 Å². The number of rotatable bonds is 10. The molecule has 5 nitrogen and oxygen atoms in total. The van der Waals surface area contributed by atoms with E-state index in [0.717, 1.165) is 68.6 Å². The molecule has 0 amide bonds. The Balaban J connectivity index is 0.994. The third kappa shape index (κ3) is 6.49. The third-order valence-electron chi connectivity index (χ3n) is 9.21. The number of phenolic OH excluding ortho intramolecular Hbond substituents is 1. The Morgan fingerprint density at radius 1 is 0.973 bits per heavy atom. The highest BCUT2D eigenvalue weighted by Crippen LogP contribution is 2.44. The zero-order valence-corrected chi connectivity index (χ0v) is 23.4. The van der Waals surface area contributed by atoms with Crippen LogP contribution in [0.1, 0.15) is 44.6 Å². The zero-order valence-electron chi connectivity index (χ0n) is 22.6. The molecule has 0 aromatic heterocycles. The lowest BCUT2D eigenvalue weighted by Crippen LogP contribution is -2.46. The fourth-order valence-corrected chi connectivity index (χ4v) is 7.32. The minimum absolute atomic E-state index is 0.228. The number of hydrogen-bond donors (Lipinski definition) is 2. The van der Waals surface area contributed by atoms with Gasteiger partial charge in [-0.15, -0.1) is 0 Å². The van der Waals surface area contributed by atoms with Crippen molar-refractivity contribution in [3.05, 3.63) is 65.6 Å². The van der Waals surface area contributed by atoms with Crippen LogP contribution in [0.15, 0.2) is 55.0 Å². The van der Waals surface area contributed by atoms with Gasteiger partial charge in [0.25, 0.3) is 0 Å². The summed E-state index contributed by atoms with van der Waals surface area (Å²) in [6.07, 6.45) is 6.55. The Morgan fingerprint density at radius 3 is 2.27 bits per heavy atom. The molecule has 3 saturated heterocycles. The molecule has 4 fully saturated rings. The quantitative estimate of drug-likeness (QED) is 0.424. The van der Waals surface area contributed by atoms with Gasteiger partial charge in [-0.3, -0.25) is 4.90 Å². The number of nitrogens with zero attached hydrogens (tertiary/aromatic N) is 3. The summed E-state index contributed by atoms with van der Waals surface area (Å²) in [6.45, 7) is 23.5. The summed E-state index contributed by atoms with van der Waals surface area (Å²) in [4.78, 5) is 7.53. The molecule has 6 heteroatoms. The number of likely N-dealkylation sites (tertiary alicyclic amines) is 3. The highest BCUT2D eigenvalue weighted by Gasteiger charge is 2.42. The molecule has 4 aliphatic rings. The van der Waals surface area contributed by atoms with Gasteiger partial charge in [0, 0.05) is 74.0 Å². The number of piperidine rings is 1. The average Bonchev–Trinajstić information content (AvgIpc) is 3.39. The molecule has 37 heavy (non-hydrogen) atoms. The van der Waals surface area contributed by atoms with Crippen LogP contribution < -0.4 is 5.32 Å². The van der Waals surface area contributed by atoms with Crippen molar-refractivity contribution >= 4 is 11.6 Å². The van der Waals surface area contributed by atoms with Crippen molar-refractivity contribution in [3.63, 3.8) is 0 Å². The van der Waals surface area contributed by atoms with Crippen LogP contribution in [0.5, 0.6) is 5.75 Å². The summed E-state index contributed by atoms with van der Waals surface area (Å²) in [6, 6.07) is 5.81. The van der Waals surface area contributed by atoms with E-state index < -0.39 is 0 Å². The molecule has 1 aromatic rings. The van der Waals surface area contributed by atoms with Gasteiger partial charge < -0.3 is 20.2 Å². The van der Waals surface area contributed by atoms with E-state index >= 15 is 0 Å². The third-order valence-corrected chi connectivity index (χ3v) is 9.43. The highest BCUT2D eigenvalue weighted by molar-refractivity contribution is 6.30. The Morgan fingerprint density at radius 2 is 1.65 bits per heavy atom. The molecule has 5 rings (SSSR count). The summed E-state index contributed by atoms with van der Waals surface area (Å²) >= 11 is 6.08. The lowest BCUT2D eigenvalue weighted by atomic mass is 9.98. The van der Waals surface area contributed by atoms with Crippen molar-refractivity contribution in [1.82, 2.24) is 20.0 Å². The molecule has 0 radical (unpaired) electrons.